The maximum Gasteiger partial charge on any atom is 0.223 e. The summed E-state index contributed by atoms with van der Waals surface area (Å²) >= 11 is 6.43. The minimum atomic E-state index is 0.391. The number of hydrogen-bond donors (Lipinski definition) is 2. The van der Waals surface area contributed by atoms with Crippen LogP contribution in [0.2, 0.25) is 5.02 Å². The third-order valence-corrected chi connectivity index (χ3v) is 8.78. The molecule has 0 bridgehead atoms. The molecule has 1 aromatic heterocycles. The molecule has 6 nitrogen and oxygen atoms in total. The third kappa shape index (κ3) is 4.92. The molecule has 0 saturated heterocycles. The average Bonchev–Trinajstić information content (AvgIpc) is 3.38. The van der Waals surface area contributed by atoms with Gasteiger partial charge in [-0.05, 0) is 86.4 Å². The lowest BCUT2D eigenvalue weighted by Gasteiger charge is -2.31. The lowest BCUT2D eigenvalue weighted by atomic mass is 9.90. The van der Waals surface area contributed by atoms with Gasteiger partial charge in [0.15, 0.2) is 11.5 Å². The van der Waals surface area contributed by atoms with Crippen molar-refractivity contribution in [3.63, 3.8) is 0 Å². The van der Waals surface area contributed by atoms with Gasteiger partial charge in [-0.1, -0.05) is 41.9 Å². The molecule has 0 spiro atoms. The third-order valence-electron chi connectivity index (χ3n) is 8.43. The first kappa shape index (κ1) is 24.7. The van der Waals surface area contributed by atoms with Crippen LogP contribution in [0.25, 0.3) is 22.0 Å². The Balaban J connectivity index is 1.00. The van der Waals surface area contributed by atoms with E-state index in [0.717, 1.165) is 88.7 Å². The summed E-state index contributed by atoms with van der Waals surface area (Å²) in [5, 5.41) is 9.51. The largest absolute Gasteiger partial charge is 0.486 e. The van der Waals surface area contributed by atoms with E-state index in [1.165, 1.54) is 11.1 Å². The van der Waals surface area contributed by atoms with Gasteiger partial charge in [0.2, 0.25) is 5.95 Å². The number of hydrogen-bond acceptors (Lipinski definition) is 6. The van der Waals surface area contributed by atoms with Gasteiger partial charge in [0.25, 0.3) is 0 Å². The lowest BCUT2D eigenvalue weighted by molar-refractivity contribution is 0.172. The van der Waals surface area contributed by atoms with Crippen LogP contribution >= 0.6 is 11.6 Å². The Morgan fingerprint density at radius 3 is 2.54 bits per heavy atom. The van der Waals surface area contributed by atoms with E-state index in [2.05, 4.69) is 54.0 Å². The Hall–Kier alpha value is -3.35. The van der Waals surface area contributed by atoms with E-state index in [0.29, 0.717) is 31.3 Å². The molecule has 200 valence electrons. The smallest absolute Gasteiger partial charge is 0.223 e. The molecule has 0 radical (unpaired) electrons. The van der Waals surface area contributed by atoms with E-state index >= 15 is 0 Å². The van der Waals surface area contributed by atoms with Crippen molar-refractivity contribution in [2.24, 2.45) is 0 Å². The van der Waals surface area contributed by atoms with E-state index in [-0.39, 0.29) is 0 Å². The highest BCUT2D eigenvalue weighted by Gasteiger charge is 2.28. The van der Waals surface area contributed by atoms with Crippen LogP contribution in [0.4, 0.5) is 5.95 Å². The van der Waals surface area contributed by atoms with Crippen LogP contribution in [0.3, 0.4) is 0 Å². The molecular weight excluding hydrogens is 508 g/mol. The summed E-state index contributed by atoms with van der Waals surface area (Å²) in [6, 6.07) is 20.1. The van der Waals surface area contributed by atoms with Gasteiger partial charge < -0.3 is 20.1 Å². The predicted molar refractivity (Wildman–Crippen MR) is 156 cm³/mol. The van der Waals surface area contributed by atoms with Crippen molar-refractivity contribution in [1.29, 1.82) is 0 Å². The molecule has 1 saturated carbocycles. The number of ether oxygens (including phenoxy) is 2. The normalized spacial score (nSPS) is 22.1. The number of fused-ring (bicyclic) bond motifs is 3. The zero-order valence-corrected chi connectivity index (χ0v) is 22.9. The second-order valence-corrected chi connectivity index (χ2v) is 11.4. The first-order valence-electron chi connectivity index (χ1n) is 14.1. The average molecular weight is 541 g/mol. The van der Waals surface area contributed by atoms with Crippen molar-refractivity contribution < 1.29 is 9.47 Å². The number of aryl methyl sites for hydroxylation is 1. The van der Waals surface area contributed by atoms with Gasteiger partial charge in [0.05, 0.1) is 11.2 Å². The second-order valence-electron chi connectivity index (χ2n) is 11.0. The Labute approximate surface area is 234 Å². The Morgan fingerprint density at radius 2 is 1.67 bits per heavy atom. The van der Waals surface area contributed by atoms with Crippen molar-refractivity contribution in [3.05, 3.63) is 76.4 Å². The van der Waals surface area contributed by atoms with Crippen molar-refractivity contribution in [2.75, 3.05) is 18.5 Å². The summed E-state index contributed by atoms with van der Waals surface area (Å²) < 4.78 is 11.7. The fourth-order valence-corrected chi connectivity index (χ4v) is 6.73. The van der Waals surface area contributed by atoms with Gasteiger partial charge in [-0.25, -0.2) is 9.97 Å². The molecule has 1 fully saturated rings. The van der Waals surface area contributed by atoms with Crippen molar-refractivity contribution in [1.82, 2.24) is 15.3 Å². The molecule has 3 aliphatic rings. The first-order valence-corrected chi connectivity index (χ1v) is 14.4. The van der Waals surface area contributed by atoms with Gasteiger partial charge in [0, 0.05) is 34.1 Å². The van der Waals surface area contributed by atoms with E-state index < -0.39 is 0 Å². The van der Waals surface area contributed by atoms with Crippen LogP contribution in [0.15, 0.2) is 54.6 Å². The highest BCUT2D eigenvalue weighted by atomic mass is 35.5. The Bertz CT molecular complexity index is 1530. The fraction of sp³-hybridized carbons (Fsp3) is 0.375. The number of nitrogens with zero attached hydrogens (tertiary/aromatic N) is 2. The molecule has 39 heavy (non-hydrogen) atoms. The number of rotatable bonds is 5. The van der Waals surface area contributed by atoms with Crippen molar-refractivity contribution in [2.45, 2.75) is 63.6 Å². The first-order chi connectivity index (χ1) is 19.1. The van der Waals surface area contributed by atoms with E-state index in [1.54, 1.807) is 0 Å². The van der Waals surface area contributed by atoms with E-state index in [4.69, 9.17) is 31.0 Å². The summed E-state index contributed by atoms with van der Waals surface area (Å²) in [6.07, 6.45) is 6.64. The molecule has 1 unspecified atom stereocenters. The highest BCUT2D eigenvalue weighted by Crippen LogP contribution is 2.40. The maximum atomic E-state index is 6.43. The zero-order chi connectivity index (χ0) is 26.3. The van der Waals surface area contributed by atoms with Gasteiger partial charge in [-0.2, -0.15) is 0 Å². The molecule has 2 heterocycles. The number of anilines is 1. The molecule has 2 aliphatic carbocycles. The number of nitrogens with one attached hydrogen (secondary N) is 2. The molecule has 4 aromatic rings. The minimum absolute atomic E-state index is 0.391. The molecule has 7 heteroatoms. The van der Waals surface area contributed by atoms with Crippen molar-refractivity contribution in [3.8, 4) is 22.6 Å². The Kier molecular flexibility index (Phi) is 6.53. The number of aromatic nitrogens is 2. The zero-order valence-electron chi connectivity index (χ0n) is 22.2. The van der Waals surface area contributed by atoms with Gasteiger partial charge >= 0.3 is 0 Å². The van der Waals surface area contributed by atoms with Crippen LogP contribution in [0, 0.1) is 6.92 Å². The van der Waals surface area contributed by atoms with Gasteiger partial charge in [-0.3, -0.25) is 0 Å². The molecular formula is C32H33ClN4O2. The number of benzene rings is 3. The fourth-order valence-electron chi connectivity index (χ4n) is 6.46. The maximum absolute atomic E-state index is 6.43. The summed E-state index contributed by atoms with van der Waals surface area (Å²) in [7, 11) is 0. The second kappa shape index (κ2) is 10.3. The summed E-state index contributed by atoms with van der Waals surface area (Å²) in [5.41, 5.74) is 6.76. The monoisotopic (exact) mass is 540 g/mol. The number of halogens is 1. The standard InChI is InChI=1S/C32H33ClN4O2/c1-19-26-17-21(25-5-3-7-30-31(25)39-15-14-38-30)8-13-29(26)37-32(34-19)36-23-11-9-22(10-12-23)35-24-16-20-4-2-6-28(33)27(20)18-24/h2-8,13,17,22-24,35H,9-12,14-16,18H2,1H3,(H,34,36,37). The van der Waals surface area contributed by atoms with E-state index in [9.17, 15) is 0 Å². The quantitative estimate of drug-likeness (QED) is 0.301. The molecule has 0 amide bonds. The van der Waals surface area contributed by atoms with Crippen LogP contribution in [-0.2, 0) is 12.8 Å². The van der Waals surface area contributed by atoms with Gasteiger partial charge in [-0.15, -0.1) is 0 Å². The van der Waals surface area contributed by atoms with E-state index in [1.807, 2.05) is 18.2 Å². The summed E-state index contributed by atoms with van der Waals surface area (Å²) in [6.45, 7) is 3.21. The van der Waals surface area contributed by atoms with Crippen LogP contribution in [-0.4, -0.2) is 41.3 Å². The number of para-hydroxylation sites is 1. The topological polar surface area (TPSA) is 68.3 Å². The molecule has 3 aromatic carbocycles. The summed E-state index contributed by atoms with van der Waals surface area (Å²) in [5.74, 6) is 2.33. The minimum Gasteiger partial charge on any atom is -0.486 e. The Morgan fingerprint density at radius 1 is 0.846 bits per heavy atom. The molecule has 2 N–H and O–H groups in total. The molecule has 1 aliphatic heterocycles. The van der Waals surface area contributed by atoms with Gasteiger partial charge in [0.1, 0.15) is 13.2 Å². The van der Waals surface area contributed by atoms with Crippen molar-refractivity contribution >= 4 is 28.5 Å². The summed E-state index contributed by atoms with van der Waals surface area (Å²) in [4.78, 5) is 9.72. The lowest BCUT2D eigenvalue weighted by Crippen LogP contribution is -2.42. The molecule has 1 atom stereocenters. The predicted octanol–water partition coefficient (Wildman–Crippen LogP) is 6.51. The van der Waals surface area contributed by atoms with Crippen LogP contribution < -0.4 is 20.1 Å². The molecule has 7 rings (SSSR count). The highest BCUT2D eigenvalue weighted by molar-refractivity contribution is 6.31. The van der Waals surface area contributed by atoms with Crippen LogP contribution in [0.5, 0.6) is 11.5 Å². The van der Waals surface area contributed by atoms with Crippen LogP contribution in [0.1, 0.15) is 42.5 Å². The SMILES string of the molecule is Cc1nc(NC2CCC(NC3Cc4cccc(Cl)c4C3)CC2)nc2ccc(-c3cccc4c3OCCO4)cc12.